The first-order valence-electron chi connectivity index (χ1n) is 9.51. The molecule has 28 heavy (non-hydrogen) atoms. The van der Waals surface area contributed by atoms with Crippen LogP contribution in [0.1, 0.15) is 25.3 Å². The van der Waals surface area contributed by atoms with Gasteiger partial charge in [0.25, 0.3) is 0 Å². The maximum Gasteiger partial charge on any atom is 0.246 e. The van der Waals surface area contributed by atoms with Gasteiger partial charge in [-0.25, -0.2) is 0 Å². The summed E-state index contributed by atoms with van der Waals surface area (Å²) in [5.41, 5.74) is 1.67. The van der Waals surface area contributed by atoms with Crippen molar-refractivity contribution in [1.82, 2.24) is 20.4 Å². The second kappa shape index (κ2) is 9.36. The number of aromatic nitrogens is 2. The van der Waals surface area contributed by atoms with Crippen molar-refractivity contribution in [1.29, 1.82) is 0 Å². The van der Waals surface area contributed by atoms with Gasteiger partial charge >= 0.3 is 0 Å². The number of anilines is 1. The average molecular weight is 384 g/mol. The van der Waals surface area contributed by atoms with Gasteiger partial charge in [0.05, 0.1) is 5.60 Å². The topological polar surface area (TPSA) is 92.6 Å². The third-order valence-corrected chi connectivity index (χ3v) is 4.69. The molecule has 1 atom stereocenters. The van der Waals surface area contributed by atoms with Crippen LogP contribution in [-0.4, -0.2) is 47.4 Å². The van der Waals surface area contributed by atoms with Crippen LogP contribution in [0.3, 0.4) is 0 Å². The Balaban J connectivity index is 1.48. The van der Waals surface area contributed by atoms with Crippen LogP contribution in [0, 0.1) is 0 Å². The first-order valence-corrected chi connectivity index (χ1v) is 9.51. The minimum atomic E-state index is -0.129. The Bertz CT molecular complexity index is 797. The van der Waals surface area contributed by atoms with Gasteiger partial charge < -0.3 is 20.7 Å². The van der Waals surface area contributed by atoms with Gasteiger partial charge in [0, 0.05) is 44.8 Å². The highest BCUT2D eigenvalue weighted by atomic mass is 16.5. The van der Waals surface area contributed by atoms with Gasteiger partial charge in [-0.3, -0.25) is 14.5 Å². The van der Waals surface area contributed by atoms with E-state index >= 15 is 0 Å². The molecule has 1 unspecified atom stereocenters. The average Bonchev–Trinajstić information content (AvgIpc) is 3.34. The fourth-order valence-corrected chi connectivity index (χ4v) is 3.15. The molecule has 1 saturated heterocycles. The number of ether oxygens (including phenoxy) is 1. The van der Waals surface area contributed by atoms with Crippen molar-refractivity contribution < 1.29 is 9.53 Å². The molecule has 1 aromatic carbocycles. The molecule has 3 N–H and O–H groups in total. The van der Waals surface area contributed by atoms with E-state index in [9.17, 15) is 4.79 Å². The van der Waals surface area contributed by atoms with Crippen LogP contribution in [0.5, 0.6) is 0 Å². The quantitative estimate of drug-likeness (QED) is 0.500. The molecule has 8 heteroatoms. The van der Waals surface area contributed by atoms with Crippen LogP contribution < -0.4 is 16.0 Å². The number of aliphatic imine (C=N–C) groups is 1. The fraction of sp³-hybridized carbons (Fsp3) is 0.450. The summed E-state index contributed by atoms with van der Waals surface area (Å²) in [6.07, 6.45) is 5.57. The molecule has 2 aromatic rings. The van der Waals surface area contributed by atoms with Gasteiger partial charge in [-0.2, -0.15) is 5.10 Å². The molecule has 1 aromatic heterocycles. The summed E-state index contributed by atoms with van der Waals surface area (Å²) in [6.45, 7) is 4.45. The molecule has 3 rings (SSSR count). The van der Waals surface area contributed by atoms with Crippen LogP contribution >= 0.6 is 0 Å². The first-order chi connectivity index (χ1) is 13.6. The largest absolute Gasteiger partial charge is 0.373 e. The molecule has 2 heterocycles. The fourth-order valence-electron chi connectivity index (χ4n) is 3.15. The molecule has 0 radical (unpaired) electrons. The Morgan fingerprint density at radius 2 is 2.25 bits per heavy atom. The zero-order valence-corrected chi connectivity index (χ0v) is 16.4. The van der Waals surface area contributed by atoms with Crippen molar-refractivity contribution in [3.63, 3.8) is 0 Å². The highest BCUT2D eigenvalue weighted by Gasteiger charge is 2.29. The van der Waals surface area contributed by atoms with E-state index in [4.69, 9.17) is 4.74 Å². The number of hydrogen-bond acceptors (Lipinski definition) is 4. The zero-order valence-electron chi connectivity index (χ0n) is 16.4. The van der Waals surface area contributed by atoms with Gasteiger partial charge in [-0.05, 0) is 43.5 Å². The summed E-state index contributed by atoms with van der Waals surface area (Å²) >= 11 is 0. The lowest BCUT2D eigenvalue weighted by molar-refractivity contribution is -0.116. The van der Waals surface area contributed by atoms with E-state index in [1.807, 2.05) is 24.3 Å². The summed E-state index contributed by atoms with van der Waals surface area (Å²) in [6, 6.07) is 9.53. The minimum Gasteiger partial charge on any atom is -0.373 e. The smallest absolute Gasteiger partial charge is 0.246 e. The second-order valence-corrected chi connectivity index (χ2v) is 7.13. The van der Waals surface area contributed by atoms with Crippen molar-refractivity contribution in [2.75, 3.05) is 25.5 Å². The standard InChI is InChI=1S/C20H28N6O2/c1-20(8-4-11-28-20)15-23-19(21-2)22-13-16-6-3-7-17(12-16)25-18(27)14-26-10-5-9-24-26/h3,5-7,9-10,12H,4,8,11,13-15H2,1-2H3,(H,25,27)(H2,21,22,23). The predicted molar refractivity (Wildman–Crippen MR) is 109 cm³/mol. The maximum absolute atomic E-state index is 12.1. The summed E-state index contributed by atoms with van der Waals surface area (Å²) < 4.78 is 7.38. The molecular weight excluding hydrogens is 356 g/mol. The molecule has 1 fully saturated rings. The van der Waals surface area contributed by atoms with E-state index in [0.717, 1.165) is 43.2 Å². The van der Waals surface area contributed by atoms with E-state index < -0.39 is 0 Å². The Morgan fingerprint density at radius 1 is 1.36 bits per heavy atom. The van der Waals surface area contributed by atoms with Crippen molar-refractivity contribution in [3.8, 4) is 0 Å². The van der Waals surface area contributed by atoms with Crippen molar-refractivity contribution in [2.45, 2.75) is 38.5 Å². The molecule has 0 bridgehead atoms. The number of benzene rings is 1. The highest BCUT2D eigenvalue weighted by Crippen LogP contribution is 2.23. The number of carbonyl (C=O) groups is 1. The van der Waals surface area contributed by atoms with Crippen LogP contribution in [0.4, 0.5) is 5.69 Å². The number of carbonyl (C=O) groups excluding carboxylic acids is 1. The molecule has 150 valence electrons. The van der Waals surface area contributed by atoms with Gasteiger partial charge in [-0.15, -0.1) is 0 Å². The van der Waals surface area contributed by atoms with Crippen molar-refractivity contribution in [2.24, 2.45) is 4.99 Å². The van der Waals surface area contributed by atoms with Gasteiger partial charge in [0.15, 0.2) is 5.96 Å². The maximum atomic E-state index is 12.1. The van der Waals surface area contributed by atoms with Crippen LogP contribution in [0.2, 0.25) is 0 Å². The Hall–Kier alpha value is -2.87. The van der Waals surface area contributed by atoms with Crippen LogP contribution in [-0.2, 0) is 22.6 Å². The molecule has 1 aliphatic rings. The number of rotatable bonds is 7. The Kier molecular flexibility index (Phi) is 6.65. The number of hydrogen-bond donors (Lipinski definition) is 3. The van der Waals surface area contributed by atoms with Crippen molar-refractivity contribution in [3.05, 3.63) is 48.3 Å². The normalized spacial score (nSPS) is 19.4. The lowest BCUT2D eigenvalue weighted by atomic mass is 10.0. The summed E-state index contributed by atoms with van der Waals surface area (Å²) in [4.78, 5) is 16.4. The zero-order chi connectivity index (χ0) is 19.8. The van der Waals surface area contributed by atoms with Gasteiger partial charge in [0.2, 0.25) is 5.91 Å². The number of nitrogens with one attached hydrogen (secondary N) is 3. The molecule has 0 saturated carbocycles. The molecule has 1 aliphatic heterocycles. The van der Waals surface area contributed by atoms with E-state index in [2.05, 4.69) is 33.0 Å². The number of amides is 1. The van der Waals surface area contributed by atoms with Gasteiger partial charge in [0.1, 0.15) is 6.54 Å². The van der Waals surface area contributed by atoms with Crippen LogP contribution in [0.25, 0.3) is 0 Å². The van der Waals surface area contributed by atoms with E-state index in [-0.39, 0.29) is 18.1 Å². The highest BCUT2D eigenvalue weighted by molar-refractivity contribution is 5.90. The molecule has 0 aliphatic carbocycles. The molecular formula is C20H28N6O2. The second-order valence-electron chi connectivity index (χ2n) is 7.13. The molecule has 8 nitrogen and oxygen atoms in total. The first kappa shape index (κ1) is 19.9. The Morgan fingerprint density at radius 3 is 2.96 bits per heavy atom. The SMILES string of the molecule is CN=C(NCc1cccc(NC(=O)Cn2cccn2)c1)NCC1(C)CCCO1. The molecule has 1 amide bonds. The summed E-state index contributed by atoms with van der Waals surface area (Å²) in [5.74, 6) is 0.612. The predicted octanol–water partition coefficient (Wildman–Crippen LogP) is 1.76. The van der Waals surface area contributed by atoms with Crippen molar-refractivity contribution >= 4 is 17.6 Å². The third-order valence-electron chi connectivity index (χ3n) is 4.69. The lowest BCUT2D eigenvalue weighted by Crippen LogP contribution is -2.45. The summed E-state index contributed by atoms with van der Waals surface area (Å²) in [5, 5.41) is 13.6. The monoisotopic (exact) mass is 384 g/mol. The number of nitrogens with zero attached hydrogens (tertiary/aromatic N) is 3. The third kappa shape index (κ3) is 5.82. The van der Waals surface area contributed by atoms with Gasteiger partial charge in [-0.1, -0.05) is 12.1 Å². The summed E-state index contributed by atoms with van der Waals surface area (Å²) in [7, 11) is 1.75. The van der Waals surface area contributed by atoms with E-state index in [1.165, 1.54) is 0 Å². The Labute approximate surface area is 165 Å². The van der Waals surface area contributed by atoms with E-state index in [0.29, 0.717) is 6.54 Å². The number of guanidine groups is 1. The van der Waals surface area contributed by atoms with E-state index in [1.54, 1.807) is 30.2 Å². The molecule has 0 spiro atoms. The lowest BCUT2D eigenvalue weighted by Gasteiger charge is -2.24. The minimum absolute atomic E-state index is 0.115. The van der Waals surface area contributed by atoms with Crippen LogP contribution in [0.15, 0.2) is 47.7 Å².